The largest absolute Gasteiger partial charge is 0.378 e. The van der Waals surface area contributed by atoms with Gasteiger partial charge in [-0.1, -0.05) is 30.3 Å². The summed E-state index contributed by atoms with van der Waals surface area (Å²) < 4.78 is 6.98. The van der Waals surface area contributed by atoms with Crippen LogP contribution in [0.15, 0.2) is 48.7 Å². The third-order valence-corrected chi connectivity index (χ3v) is 4.91. The van der Waals surface area contributed by atoms with Crippen LogP contribution < -0.4 is 15.5 Å². The number of hydrogen-bond acceptors (Lipinski definition) is 7. The zero-order valence-electron chi connectivity index (χ0n) is 16.9. The SMILES string of the molecule is Cn1nc(-c2ccccc2)cc1C(=O)NCCNc1cc(N2CCOCC2)cnn1. The maximum absolute atomic E-state index is 12.5. The van der Waals surface area contributed by atoms with Gasteiger partial charge in [0.2, 0.25) is 0 Å². The standard InChI is InChI=1S/C21H25N7O2/c1-27-19(14-18(26-27)16-5-3-2-4-6-16)21(29)23-8-7-22-20-13-17(15-24-25-20)28-9-11-30-12-10-28/h2-6,13-15H,7-12H2,1H3,(H,22,25)(H,23,29). The molecule has 0 unspecified atom stereocenters. The van der Waals surface area contributed by atoms with Crippen LogP contribution in [0.4, 0.5) is 11.5 Å². The Kier molecular flexibility index (Phi) is 6.19. The first-order chi connectivity index (χ1) is 14.7. The van der Waals surface area contributed by atoms with Crippen LogP contribution in [0.2, 0.25) is 0 Å². The summed E-state index contributed by atoms with van der Waals surface area (Å²) in [7, 11) is 1.77. The molecule has 156 valence electrons. The fourth-order valence-corrected chi connectivity index (χ4v) is 3.32. The maximum Gasteiger partial charge on any atom is 0.269 e. The summed E-state index contributed by atoms with van der Waals surface area (Å²) in [5.74, 6) is 0.516. The van der Waals surface area contributed by atoms with Gasteiger partial charge in [-0.3, -0.25) is 9.48 Å². The topological polar surface area (TPSA) is 97.2 Å². The Morgan fingerprint density at radius 3 is 2.73 bits per heavy atom. The van der Waals surface area contributed by atoms with Crippen molar-refractivity contribution in [2.24, 2.45) is 7.05 Å². The summed E-state index contributed by atoms with van der Waals surface area (Å²) in [6, 6.07) is 13.6. The molecule has 3 aromatic rings. The van der Waals surface area contributed by atoms with Gasteiger partial charge < -0.3 is 20.3 Å². The molecule has 3 heterocycles. The molecule has 0 atom stereocenters. The summed E-state index contributed by atoms with van der Waals surface area (Å²) in [6.07, 6.45) is 1.75. The Morgan fingerprint density at radius 2 is 1.93 bits per heavy atom. The van der Waals surface area contributed by atoms with Crippen molar-refractivity contribution in [3.05, 3.63) is 54.4 Å². The van der Waals surface area contributed by atoms with Crippen LogP contribution in [-0.4, -0.2) is 65.3 Å². The van der Waals surface area contributed by atoms with Gasteiger partial charge in [0.25, 0.3) is 5.91 Å². The third-order valence-electron chi connectivity index (χ3n) is 4.91. The number of anilines is 2. The molecule has 2 N–H and O–H groups in total. The molecule has 2 aromatic heterocycles. The monoisotopic (exact) mass is 407 g/mol. The van der Waals surface area contributed by atoms with Gasteiger partial charge in [-0.2, -0.15) is 10.2 Å². The second-order valence-corrected chi connectivity index (χ2v) is 6.99. The highest BCUT2D eigenvalue weighted by atomic mass is 16.5. The third kappa shape index (κ3) is 4.74. The lowest BCUT2D eigenvalue weighted by atomic mass is 10.1. The van der Waals surface area contributed by atoms with Gasteiger partial charge in [0.05, 0.1) is 30.8 Å². The molecular formula is C21H25N7O2. The molecule has 0 bridgehead atoms. The molecule has 1 saturated heterocycles. The van der Waals surface area contributed by atoms with Gasteiger partial charge >= 0.3 is 0 Å². The summed E-state index contributed by atoms with van der Waals surface area (Å²) in [5, 5.41) is 18.7. The first kappa shape index (κ1) is 19.8. The molecule has 9 heteroatoms. The predicted octanol–water partition coefficient (Wildman–Crippen LogP) is 1.56. The second-order valence-electron chi connectivity index (χ2n) is 6.99. The number of hydrogen-bond donors (Lipinski definition) is 2. The van der Waals surface area contributed by atoms with Crippen molar-refractivity contribution in [1.29, 1.82) is 0 Å². The molecule has 9 nitrogen and oxygen atoms in total. The number of ether oxygens (including phenoxy) is 1. The van der Waals surface area contributed by atoms with Crippen LogP contribution in [0, 0.1) is 0 Å². The average molecular weight is 407 g/mol. The molecule has 0 saturated carbocycles. The van der Waals surface area contributed by atoms with Crippen LogP contribution in [0.25, 0.3) is 11.3 Å². The Hall–Kier alpha value is -3.46. The van der Waals surface area contributed by atoms with Crippen LogP contribution in [0.3, 0.4) is 0 Å². The van der Waals surface area contributed by atoms with Crippen molar-refractivity contribution in [2.45, 2.75) is 0 Å². The molecule has 1 amide bonds. The van der Waals surface area contributed by atoms with E-state index in [2.05, 4.69) is 30.8 Å². The number of aromatic nitrogens is 4. The van der Waals surface area contributed by atoms with E-state index in [-0.39, 0.29) is 5.91 Å². The van der Waals surface area contributed by atoms with Crippen molar-refractivity contribution >= 4 is 17.4 Å². The van der Waals surface area contributed by atoms with Gasteiger partial charge in [-0.05, 0) is 6.07 Å². The first-order valence-corrected chi connectivity index (χ1v) is 9.97. The Balaban J connectivity index is 1.29. The minimum atomic E-state index is -0.165. The van der Waals surface area contributed by atoms with E-state index in [1.165, 1.54) is 0 Å². The molecule has 1 aliphatic rings. The van der Waals surface area contributed by atoms with E-state index >= 15 is 0 Å². The lowest BCUT2D eigenvalue weighted by Crippen LogP contribution is -2.36. The number of amides is 1. The number of carbonyl (C=O) groups is 1. The van der Waals surface area contributed by atoms with Crippen LogP contribution in [0.1, 0.15) is 10.5 Å². The van der Waals surface area contributed by atoms with Gasteiger partial charge in [-0.15, -0.1) is 5.10 Å². The number of morpholine rings is 1. The van der Waals surface area contributed by atoms with Crippen LogP contribution >= 0.6 is 0 Å². The lowest BCUT2D eigenvalue weighted by Gasteiger charge is -2.28. The summed E-state index contributed by atoms with van der Waals surface area (Å²) in [4.78, 5) is 14.8. The molecule has 0 spiro atoms. The normalized spacial score (nSPS) is 13.8. The van der Waals surface area contributed by atoms with E-state index in [1.54, 1.807) is 24.0 Å². The Bertz CT molecular complexity index is 984. The number of carbonyl (C=O) groups excluding carboxylic acids is 1. The zero-order chi connectivity index (χ0) is 20.8. The molecule has 1 aromatic carbocycles. The highest BCUT2D eigenvalue weighted by Crippen LogP contribution is 2.18. The molecule has 1 fully saturated rings. The Labute approximate surface area is 175 Å². The smallest absolute Gasteiger partial charge is 0.269 e. The van der Waals surface area contributed by atoms with E-state index in [0.717, 1.165) is 43.2 Å². The summed E-state index contributed by atoms with van der Waals surface area (Å²) in [5.41, 5.74) is 3.29. The first-order valence-electron chi connectivity index (χ1n) is 9.97. The van der Waals surface area contributed by atoms with Crippen molar-refractivity contribution in [3.8, 4) is 11.3 Å². The molecule has 0 aliphatic carbocycles. The van der Waals surface area contributed by atoms with Crippen molar-refractivity contribution in [2.75, 3.05) is 49.6 Å². The van der Waals surface area contributed by atoms with Gasteiger partial charge in [0, 0.05) is 44.9 Å². The fourth-order valence-electron chi connectivity index (χ4n) is 3.32. The predicted molar refractivity (Wildman–Crippen MR) is 115 cm³/mol. The van der Waals surface area contributed by atoms with Crippen LogP contribution in [-0.2, 0) is 11.8 Å². The number of rotatable bonds is 7. The summed E-state index contributed by atoms with van der Waals surface area (Å²) >= 11 is 0. The van der Waals surface area contributed by atoms with E-state index in [0.29, 0.717) is 24.6 Å². The fraction of sp³-hybridized carbons (Fsp3) is 0.333. The number of aryl methyl sites for hydroxylation is 1. The van der Waals surface area contributed by atoms with E-state index in [1.807, 2.05) is 36.4 Å². The van der Waals surface area contributed by atoms with Crippen molar-refractivity contribution < 1.29 is 9.53 Å². The number of benzene rings is 1. The van der Waals surface area contributed by atoms with Gasteiger partial charge in [0.15, 0.2) is 5.82 Å². The van der Waals surface area contributed by atoms with Crippen molar-refractivity contribution in [1.82, 2.24) is 25.3 Å². The molecule has 0 radical (unpaired) electrons. The van der Waals surface area contributed by atoms with Crippen LogP contribution in [0.5, 0.6) is 0 Å². The van der Waals surface area contributed by atoms with Gasteiger partial charge in [0.1, 0.15) is 5.69 Å². The number of nitrogens with zero attached hydrogens (tertiary/aromatic N) is 5. The molecule has 1 aliphatic heterocycles. The van der Waals surface area contributed by atoms with E-state index < -0.39 is 0 Å². The lowest BCUT2D eigenvalue weighted by molar-refractivity contribution is 0.0945. The Morgan fingerprint density at radius 1 is 1.13 bits per heavy atom. The molecular weight excluding hydrogens is 382 g/mol. The highest BCUT2D eigenvalue weighted by Gasteiger charge is 2.14. The molecule has 4 rings (SSSR count). The summed E-state index contributed by atoms with van der Waals surface area (Å²) in [6.45, 7) is 4.12. The minimum Gasteiger partial charge on any atom is -0.378 e. The maximum atomic E-state index is 12.5. The van der Waals surface area contributed by atoms with E-state index in [9.17, 15) is 4.79 Å². The van der Waals surface area contributed by atoms with Gasteiger partial charge in [-0.25, -0.2) is 0 Å². The van der Waals surface area contributed by atoms with E-state index in [4.69, 9.17) is 4.74 Å². The quantitative estimate of drug-likeness (QED) is 0.574. The van der Waals surface area contributed by atoms with Crippen molar-refractivity contribution in [3.63, 3.8) is 0 Å². The average Bonchev–Trinajstić information content (AvgIpc) is 3.20. The molecule has 30 heavy (non-hydrogen) atoms. The minimum absolute atomic E-state index is 0.165. The number of nitrogens with one attached hydrogen (secondary N) is 2. The zero-order valence-corrected chi connectivity index (χ0v) is 16.9. The second kappa shape index (κ2) is 9.36. The highest BCUT2D eigenvalue weighted by molar-refractivity contribution is 5.93.